The van der Waals surface area contributed by atoms with E-state index in [1.165, 1.54) is 37.7 Å². The molecule has 1 aliphatic carbocycles. The number of amides is 1. The van der Waals surface area contributed by atoms with Gasteiger partial charge in [-0.05, 0) is 42.0 Å². The second-order valence-corrected chi connectivity index (χ2v) is 6.13. The van der Waals surface area contributed by atoms with E-state index in [4.69, 9.17) is 0 Å². The molecule has 0 bridgehead atoms. The summed E-state index contributed by atoms with van der Waals surface area (Å²) in [6.07, 6.45) is 6.63. The molecule has 2 aromatic rings. The fraction of sp³-hybridized carbons (Fsp3) is 0.350. The lowest BCUT2D eigenvalue weighted by Crippen LogP contribution is -2.22. The number of nitrogens with one attached hydrogen (secondary N) is 1. The number of rotatable bonds is 4. The summed E-state index contributed by atoms with van der Waals surface area (Å²) in [5.41, 5.74) is 3.25. The van der Waals surface area contributed by atoms with Gasteiger partial charge in [0.25, 0.3) is 5.91 Å². The highest BCUT2D eigenvalue weighted by Crippen LogP contribution is 2.32. The number of carbonyl (C=O) groups excluding carboxylic acids is 1. The first-order valence-corrected chi connectivity index (χ1v) is 8.25. The van der Waals surface area contributed by atoms with Crippen molar-refractivity contribution in [1.29, 1.82) is 0 Å². The van der Waals surface area contributed by atoms with Gasteiger partial charge in [0.1, 0.15) is 0 Å². The van der Waals surface area contributed by atoms with Crippen LogP contribution in [0.5, 0.6) is 0 Å². The van der Waals surface area contributed by atoms with Crippen molar-refractivity contribution in [3.63, 3.8) is 0 Å². The van der Waals surface area contributed by atoms with Crippen molar-refractivity contribution in [1.82, 2.24) is 5.32 Å². The minimum atomic E-state index is -0.000882. The average Bonchev–Trinajstić information content (AvgIpc) is 2.61. The lowest BCUT2D eigenvalue weighted by atomic mass is 9.84. The highest BCUT2D eigenvalue weighted by molar-refractivity contribution is 5.94. The molecule has 0 unspecified atom stereocenters. The topological polar surface area (TPSA) is 29.1 Å². The number of benzene rings is 2. The van der Waals surface area contributed by atoms with Crippen LogP contribution >= 0.6 is 0 Å². The van der Waals surface area contributed by atoms with Crippen molar-refractivity contribution < 1.29 is 4.79 Å². The Morgan fingerprint density at radius 2 is 1.59 bits per heavy atom. The third kappa shape index (κ3) is 3.76. The maximum Gasteiger partial charge on any atom is 0.251 e. The van der Waals surface area contributed by atoms with Crippen LogP contribution in [0.1, 0.15) is 59.5 Å². The van der Waals surface area contributed by atoms with E-state index in [1.54, 1.807) is 0 Å². The summed E-state index contributed by atoms with van der Waals surface area (Å²) in [7, 11) is 0. The third-order valence-corrected chi connectivity index (χ3v) is 4.55. The molecule has 0 radical (unpaired) electrons. The van der Waals surface area contributed by atoms with Crippen LogP contribution in [0.3, 0.4) is 0 Å². The van der Waals surface area contributed by atoms with E-state index in [0.29, 0.717) is 12.5 Å². The standard InChI is InChI=1S/C20H23NO/c22-20(21-15-16-7-3-1-4-8-16)19-13-11-18(12-14-19)17-9-5-2-6-10-17/h1,3-4,7-8,11-14,17H,2,5-6,9-10,15H2,(H,21,22). The molecule has 1 aliphatic rings. The Morgan fingerprint density at radius 1 is 0.909 bits per heavy atom. The summed E-state index contributed by atoms with van der Waals surface area (Å²) in [6, 6.07) is 18.2. The van der Waals surface area contributed by atoms with Crippen molar-refractivity contribution in [3.05, 3.63) is 71.3 Å². The zero-order chi connectivity index (χ0) is 15.2. The summed E-state index contributed by atoms with van der Waals surface area (Å²) in [5, 5.41) is 2.98. The molecular formula is C20H23NO. The summed E-state index contributed by atoms with van der Waals surface area (Å²) in [6.45, 7) is 0.573. The zero-order valence-electron chi connectivity index (χ0n) is 12.9. The van der Waals surface area contributed by atoms with Gasteiger partial charge in [-0.3, -0.25) is 4.79 Å². The number of hydrogen-bond donors (Lipinski definition) is 1. The fourth-order valence-corrected chi connectivity index (χ4v) is 3.22. The summed E-state index contributed by atoms with van der Waals surface area (Å²) in [5.74, 6) is 0.689. The minimum absolute atomic E-state index is 0.000882. The van der Waals surface area contributed by atoms with Crippen LogP contribution in [-0.2, 0) is 6.54 Å². The molecule has 114 valence electrons. The predicted molar refractivity (Wildman–Crippen MR) is 89.9 cm³/mol. The smallest absolute Gasteiger partial charge is 0.251 e. The molecule has 0 aliphatic heterocycles. The third-order valence-electron chi connectivity index (χ3n) is 4.55. The van der Waals surface area contributed by atoms with Crippen molar-refractivity contribution in [3.8, 4) is 0 Å². The van der Waals surface area contributed by atoms with Gasteiger partial charge >= 0.3 is 0 Å². The molecule has 0 atom stereocenters. The average molecular weight is 293 g/mol. The molecule has 3 rings (SSSR count). The lowest BCUT2D eigenvalue weighted by Gasteiger charge is -2.22. The highest BCUT2D eigenvalue weighted by Gasteiger charge is 2.15. The van der Waals surface area contributed by atoms with E-state index >= 15 is 0 Å². The SMILES string of the molecule is O=C(NCc1ccccc1)c1ccc(C2CCCCC2)cc1. The van der Waals surface area contributed by atoms with E-state index < -0.39 is 0 Å². The van der Waals surface area contributed by atoms with Gasteiger partial charge in [0, 0.05) is 12.1 Å². The van der Waals surface area contributed by atoms with Crippen LogP contribution in [-0.4, -0.2) is 5.91 Å². The maximum absolute atomic E-state index is 12.2. The first kappa shape index (κ1) is 14.8. The molecule has 2 nitrogen and oxygen atoms in total. The van der Waals surface area contributed by atoms with E-state index in [0.717, 1.165) is 11.1 Å². The Labute approximate surface area is 132 Å². The van der Waals surface area contributed by atoms with Gasteiger partial charge in [0.05, 0.1) is 0 Å². The van der Waals surface area contributed by atoms with E-state index in [2.05, 4.69) is 17.4 Å². The molecule has 2 aromatic carbocycles. The maximum atomic E-state index is 12.2. The van der Waals surface area contributed by atoms with Crippen LogP contribution in [0.25, 0.3) is 0 Å². The van der Waals surface area contributed by atoms with Crippen molar-refractivity contribution in [2.75, 3.05) is 0 Å². The molecular weight excluding hydrogens is 270 g/mol. The molecule has 0 aromatic heterocycles. The highest BCUT2D eigenvalue weighted by atomic mass is 16.1. The minimum Gasteiger partial charge on any atom is -0.348 e. The fourth-order valence-electron chi connectivity index (χ4n) is 3.22. The Bertz CT molecular complexity index is 597. The van der Waals surface area contributed by atoms with Crippen molar-refractivity contribution in [2.24, 2.45) is 0 Å². The van der Waals surface area contributed by atoms with Gasteiger partial charge in [-0.15, -0.1) is 0 Å². The molecule has 1 saturated carbocycles. The van der Waals surface area contributed by atoms with E-state index in [9.17, 15) is 4.79 Å². The zero-order valence-corrected chi connectivity index (χ0v) is 12.9. The molecule has 0 saturated heterocycles. The Balaban J connectivity index is 1.58. The Morgan fingerprint density at radius 3 is 2.27 bits per heavy atom. The van der Waals surface area contributed by atoms with E-state index in [1.807, 2.05) is 42.5 Å². The first-order valence-electron chi connectivity index (χ1n) is 8.25. The van der Waals surface area contributed by atoms with Gasteiger partial charge < -0.3 is 5.32 Å². The largest absolute Gasteiger partial charge is 0.348 e. The Kier molecular flexibility index (Phi) is 4.89. The molecule has 1 N–H and O–H groups in total. The van der Waals surface area contributed by atoms with Crippen molar-refractivity contribution >= 4 is 5.91 Å². The molecule has 2 heteroatoms. The summed E-state index contributed by atoms with van der Waals surface area (Å²) < 4.78 is 0. The van der Waals surface area contributed by atoms with E-state index in [-0.39, 0.29) is 5.91 Å². The van der Waals surface area contributed by atoms with Gasteiger partial charge in [-0.2, -0.15) is 0 Å². The van der Waals surface area contributed by atoms with Gasteiger partial charge in [-0.25, -0.2) is 0 Å². The quantitative estimate of drug-likeness (QED) is 0.872. The van der Waals surface area contributed by atoms with Crippen molar-refractivity contribution in [2.45, 2.75) is 44.6 Å². The van der Waals surface area contributed by atoms with Crippen LogP contribution in [0, 0.1) is 0 Å². The van der Waals surface area contributed by atoms with Crippen LogP contribution in [0.4, 0.5) is 0 Å². The van der Waals surface area contributed by atoms with Crippen LogP contribution in [0.2, 0.25) is 0 Å². The van der Waals surface area contributed by atoms with Gasteiger partial charge in [0.2, 0.25) is 0 Å². The predicted octanol–water partition coefficient (Wildman–Crippen LogP) is 4.66. The van der Waals surface area contributed by atoms with Crippen LogP contribution in [0.15, 0.2) is 54.6 Å². The molecule has 0 spiro atoms. The number of hydrogen-bond acceptors (Lipinski definition) is 1. The number of carbonyl (C=O) groups is 1. The second kappa shape index (κ2) is 7.26. The molecule has 22 heavy (non-hydrogen) atoms. The normalized spacial score (nSPS) is 15.5. The molecule has 0 heterocycles. The molecule has 1 amide bonds. The van der Waals surface area contributed by atoms with Gasteiger partial charge in [-0.1, -0.05) is 61.7 Å². The second-order valence-electron chi connectivity index (χ2n) is 6.13. The summed E-state index contributed by atoms with van der Waals surface area (Å²) >= 11 is 0. The Hall–Kier alpha value is -2.09. The monoisotopic (exact) mass is 293 g/mol. The van der Waals surface area contributed by atoms with Gasteiger partial charge in [0.15, 0.2) is 0 Å². The van der Waals surface area contributed by atoms with Crippen LogP contribution < -0.4 is 5.32 Å². The first-order chi connectivity index (χ1) is 10.8. The summed E-state index contributed by atoms with van der Waals surface area (Å²) in [4.78, 5) is 12.2. The molecule has 1 fully saturated rings. The lowest BCUT2D eigenvalue weighted by molar-refractivity contribution is 0.0951.